The number of thiophene rings is 1. The molecule has 4 nitrogen and oxygen atoms in total. The van der Waals surface area contributed by atoms with Gasteiger partial charge < -0.3 is 10.2 Å². The van der Waals surface area contributed by atoms with Gasteiger partial charge in [0, 0.05) is 11.0 Å². The first-order chi connectivity index (χ1) is 19.5. The lowest BCUT2D eigenvalue weighted by Gasteiger charge is -2.24. The summed E-state index contributed by atoms with van der Waals surface area (Å²) in [7, 11) is 0. The minimum atomic E-state index is -0.946. The van der Waals surface area contributed by atoms with E-state index in [-0.39, 0.29) is 22.6 Å². The third-order valence-electron chi connectivity index (χ3n) is 7.62. The molecule has 1 aliphatic rings. The summed E-state index contributed by atoms with van der Waals surface area (Å²) in [5.41, 5.74) is 3.62. The number of thioether (sulfide) groups is 1. The van der Waals surface area contributed by atoms with Gasteiger partial charge in [-0.15, -0.1) is 11.3 Å². The fraction of sp³-hybridized carbons (Fsp3) is 0.333. The second-order valence-corrected chi connectivity index (χ2v) is 13.6. The molecule has 2 aromatic heterocycles. The number of aromatic nitrogens is 1. The molecular weight excluding hydrogens is 560 g/mol. The number of aliphatic hydroxyl groups is 1. The Morgan fingerprint density at radius 1 is 1.12 bits per heavy atom. The highest BCUT2D eigenvalue weighted by atomic mass is 32.2. The molecule has 2 N–H and O–H groups in total. The molecule has 5 rings (SSSR count). The molecular formula is C33H33F2NO3S2. The number of nitrogens with zero attached hydrogens (tertiary/aromatic N) is 1. The van der Waals surface area contributed by atoms with Crippen LogP contribution in [0.5, 0.6) is 0 Å². The smallest absolute Gasteiger partial charge is 0.303 e. The van der Waals surface area contributed by atoms with Gasteiger partial charge in [-0.2, -0.15) is 16.2 Å². The Labute approximate surface area is 247 Å². The van der Waals surface area contributed by atoms with Gasteiger partial charge in [-0.3, -0.25) is 4.79 Å². The molecule has 41 heavy (non-hydrogen) atoms. The summed E-state index contributed by atoms with van der Waals surface area (Å²) in [4.78, 5) is 15.7. The number of benzene rings is 2. The highest BCUT2D eigenvalue weighted by molar-refractivity contribution is 7.99. The van der Waals surface area contributed by atoms with Gasteiger partial charge in [-0.1, -0.05) is 54.6 Å². The number of carbonyl (C=O) groups is 1. The highest BCUT2D eigenvalue weighted by Crippen LogP contribution is 2.53. The number of hydrogen-bond donors (Lipinski definition) is 2. The number of carboxylic acid groups (broad SMARTS) is 1. The molecule has 214 valence electrons. The Kier molecular flexibility index (Phi) is 8.64. The molecule has 1 fully saturated rings. The summed E-state index contributed by atoms with van der Waals surface area (Å²) in [6.07, 6.45) is 7.39. The SMILES string of the molecule is CC(C)(O)c1ccccc1CCC(SCC1(CC(=O)O)CC1)c1cccc(/C=C/c2ccc3sc(F)c(F)c3n2)c1. The maximum atomic E-state index is 14.1. The molecule has 1 aliphatic carbocycles. The molecule has 1 saturated carbocycles. The maximum Gasteiger partial charge on any atom is 0.303 e. The van der Waals surface area contributed by atoms with Crippen molar-refractivity contribution in [1.82, 2.24) is 4.98 Å². The Morgan fingerprint density at radius 2 is 1.90 bits per heavy atom. The first kappa shape index (κ1) is 29.4. The number of rotatable bonds is 12. The van der Waals surface area contributed by atoms with Crippen LogP contribution in [0.25, 0.3) is 22.4 Å². The van der Waals surface area contributed by atoms with Gasteiger partial charge in [0.2, 0.25) is 5.13 Å². The fourth-order valence-corrected chi connectivity index (χ4v) is 7.50. The van der Waals surface area contributed by atoms with E-state index in [0.717, 1.165) is 65.0 Å². The molecule has 1 atom stereocenters. The van der Waals surface area contributed by atoms with Gasteiger partial charge in [0.25, 0.3) is 0 Å². The Hall–Kier alpha value is -3.07. The number of aliphatic carboxylic acids is 1. The standard InChI is InChI=1S/C33H33F2NO3S2/c1-32(2,39)25-9-4-3-7-22(25)11-14-26(40-20-33(16-17-33)19-28(37)38)23-8-5-6-21(18-23)10-12-24-13-15-27-30(36-24)29(34)31(35)41-27/h3-10,12-13,15,18,26,39H,11,14,16-17,19-20H2,1-2H3,(H,37,38)/b12-10+. The number of carboxylic acids is 1. The van der Waals surface area contributed by atoms with Crippen LogP contribution in [-0.4, -0.2) is 26.9 Å². The minimum Gasteiger partial charge on any atom is -0.481 e. The topological polar surface area (TPSA) is 70.4 Å². The molecule has 2 heterocycles. The largest absolute Gasteiger partial charge is 0.481 e. The number of fused-ring (bicyclic) bond motifs is 1. The van der Waals surface area contributed by atoms with Gasteiger partial charge >= 0.3 is 5.97 Å². The lowest BCUT2D eigenvalue weighted by atomic mass is 9.90. The molecule has 0 radical (unpaired) electrons. The van der Waals surface area contributed by atoms with Crippen LogP contribution in [0.15, 0.2) is 60.7 Å². The maximum absolute atomic E-state index is 14.1. The van der Waals surface area contributed by atoms with Gasteiger partial charge in [-0.05, 0) is 85.4 Å². The van der Waals surface area contributed by atoms with Crippen molar-refractivity contribution in [2.45, 2.75) is 56.8 Å². The molecule has 0 spiro atoms. The second-order valence-electron chi connectivity index (χ2n) is 11.4. The Morgan fingerprint density at radius 3 is 2.63 bits per heavy atom. The Balaban J connectivity index is 1.38. The van der Waals surface area contributed by atoms with Crippen molar-refractivity contribution >= 4 is 51.4 Å². The zero-order chi connectivity index (χ0) is 29.2. The van der Waals surface area contributed by atoms with Crippen LogP contribution in [0.2, 0.25) is 0 Å². The van der Waals surface area contributed by atoms with Crippen molar-refractivity contribution in [3.8, 4) is 0 Å². The van der Waals surface area contributed by atoms with E-state index in [9.17, 15) is 23.8 Å². The normalized spacial score (nSPS) is 15.4. The number of pyridine rings is 1. The summed E-state index contributed by atoms with van der Waals surface area (Å²) < 4.78 is 28.2. The highest BCUT2D eigenvalue weighted by Gasteiger charge is 2.44. The monoisotopic (exact) mass is 593 g/mol. The van der Waals surface area contributed by atoms with Crippen molar-refractivity contribution in [2.75, 3.05) is 5.75 Å². The second kappa shape index (κ2) is 12.0. The molecule has 4 aromatic rings. The van der Waals surface area contributed by atoms with E-state index in [1.54, 1.807) is 32.1 Å². The van der Waals surface area contributed by atoms with Crippen molar-refractivity contribution in [3.05, 3.63) is 99.6 Å². The van der Waals surface area contributed by atoms with E-state index < -0.39 is 22.5 Å². The van der Waals surface area contributed by atoms with E-state index in [4.69, 9.17) is 0 Å². The summed E-state index contributed by atoms with van der Waals surface area (Å²) in [6, 6.07) is 19.6. The van der Waals surface area contributed by atoms with Crippen molar-refractivity contribution in [3.63, 3.8) is 0 Å². The van der Waals surface area contributed by atoms with Crippen LogP contribution in [-0.2, 0) is 16.8 Å². The lowest BCUT2D eigenvalue weighted by molar-refractivity contribution is -0.138. The van der Waals surface area contributed by atoms with Crippen LogP contribution in [0.4, 0.5) is 8.78 Å². The average molecular weight is 594 g/mol. The third kappa shape index (κ3) is 7.23. The van der Waals surface area contributed by atoms with Gasteiger partial charge in [0.05, 0.1) is 22.4 Å². The molecule has 1 unspecified atom stereocenters. The predicted molar refractivity (Wildman–Crippen MR) is 164 cm³/mol. The third-order valence-corrected chi connectivity index (χ3v) is 10.2. The fourth-order valence-electron chi connectivity index (χ4n) is 5.19. The minimum absolute atomic E-state index is 0.0431. The van der Waals surface area contributed by atoms with E-state index in [1.807, 2.05) is 48.2 Å². The first-order valence-electron chi connectivity index (χ1n) is 13.7. The zero-order valence-corrected chi connectivity index (χ0v) is 24.7. The number of halogens is 2. The van der Waals surface area contributed by atoms with Crippen LogP contribution < -0.4 is 0 Å². The zero-order valence-electron chi connectivity index (χ0n) is 23.1. The van der Waals surface area contributed by atoms with Crippen LogP contribution in [0.1, 0.15) is 72.7 Å². The predicted octanol–water partition coefficient (Wildman–Crippen LogP) is 8.63. The number of aryl methyl sites for hydroxylation is 1. The van der Waals surface area contributed by atoms with Crippen LogP contribution in [0.3, 0.4) is 0 Å². The molecule has 0 saturated heterocycles. The van der Waals surface area contributed by atoms with Gasteiger partial charge in [0.15, 0.2) is 5.82 Å². The van der Waals surface area contributed by atoms with E-state index in [2.05, 4.69) is 23.2 Å². The van der Waals surface area contributed by atoms with E-state index >= 15 is 0 Å². The summed E-state index contributed by atoms with van der Waals surface area (Å²) >= 11 is 2.56. The van der Waals surface area contributed by atoms with Crippen molar-refractivity contribution < 1.29 is 23.8 Å². The molecule has 2 aromatic carbocycles. The average Bonchev–Trinajstić information content (AvgIpc) is 3.63. The van der Waals surface area contributed by atoms with Crippen LogP contribution in [0, 0.1) is 16.4 Å². The lowest BCUT2D eigenvalue weighted by Crippen LogP contribution is -2.18. The molecule has 0 bridgehead atoms. The van der Waals surface area contributed by atoms with Crippen molar-refractivity contribution in [1.29, 1.82) is 0 Å². The molecule has 0 amide bonds. The van der Waals surface area contributed by atoms with Crippen molar-refractivity contribution in [2.24, 2.45) is 5.41 Å². The van der Waals surface area contributed by atoms with E-state index in [0.29, 0.717) is 10.4 Å². The van der Waals surface area contributed by atoms with Gasteiger partial charge in [-0.25, -0.2) is 9.37 Å². The van der Waals surface area contributed by atoms with Gasteiger partial charge in [0.1, 0.15) is 5.52 Å². The molecule has 8 heteroatoms. The Bertz CT molecular complexity index is 1590. The molecule has 0 aliphatic heterocycles. The van der Waals surface area contributed by atoms with Crippen LogP contribution >= 0.6 is 23.1 Å². The van der Waals surface area contributed by atoms with E-state index in [1.165, 1.54) is 0 Å². The summed E-state index contributed by atoms with van der Waals surface area (Å²) in [6.45, 7) is 3.60. The summed E-state index contributed by atoms with van der Waals surface area (Å²) in [5.74, 6) is -0.878. The quantitative estimate of drug-likeness (QED) is 0.172. The first-order valence-corrected chi connectivity index (χ1v) is 15.6. The summed E-state index contributed by atoms with van der Waals surface area (Å²) in [5, 5.41) is 19.4. The number of hydrogen-bond acceptors (Lipinski definition) is 5.